The number of para-hydroxylation sites is 1. The second kappa shape index (κ2) is 3.82. The highest BCUT2D eigenvalue weighted by Crippen LogP contribution is 2.50. The fourth-order valence-electron chi connectivity index (χ4n) is 3.13. The van der Waals surface area contributed by atoms with Gasteiger partial charge < -0.3 is 9.88 Å². The molecule has 0 aliphatic carbocycles. The fraction of sp³-hybridized carbons (Fsp3) is 0.267. The van der Waals surface area contributed by atoms with Crippen LogP contribution in [0, 0.1) is 11.3 Å². The van der Waals surface area contributed by atoms with Crippen LogP contribution in [0.5, 0.6) is 0 Å². The number of aromatic nitrogens is 1. The van der Waals surface area contributed by atoms with E-state index in [4.69, 9.17) is 0 Å². The van der Waals surface area contributed by atoms with Crippen molar-refractivity contribution in [3.05, 3.63) is 41.6 Å². The quantitative estimate of drug-likeness (QED) is 0.795. The molecule has 2 aliphatic heterocycles. The smallest absolute Gasteiger partial charge is 0.0974 e. The Bertz CT molecular complexity index is 737. The molecular formula is C15H13N3S. The standard InChI is InChI=1S/C15H13N3S/c1-18-8-9(7-16)13-6-12(18)14-10-4-2-3-5-11(10)17-15(14)19-13/h2-5,8,12-13,17H,6H2,1H3. The van der Waals surface area contributed by atoms with Gasteiger partial charge in [0, 0.05) is 35.0 Å². The zero-order valence-electron chi connectivity index (χ0n) is 10.6. The molecule has 2 unspecified atom stereocenters. The lowest BCUT2D eigenvalue weighted by Gasteiger charge is -2.39. The van der Waals surface area contributed by atoms with Gasteiger partial charge in [0.1, 0.15) is 0 Å². The van der Waals surface area contributed by atoms with E-state index in [1.807, 2.05) is 6.20 Å². The molecule has 0 saturated heterocycles. The van der Waals surface area contributed by atoms with E-state index < -0.39 is 0 Å². The molecule has 19 heavy (non-hydrogen) atoms. The van der Waals surface area contributed by atoms with Crippen molar-refractivity contribution in [2.24, 2.45) is 0 Å². The molecule has 1 aromatic carbocycles. The van der Waals surface area contributed by atoms with Gasteiger partial charge in [-0.15, -0.1) is 0 Å². The molecule has 0 fully saturated rings. The van der Waals surface area contributed by atoms with E-state index in [2.05, 4.69) is 47.3 Å². The number of hydrogen-bond acceptors (Lipinski definition) is 3. The molecule has 3 heterocycles. The SMILES string of the molecule is CN1C=C(C#N)C2CC1c1c([nH]c3ccccc13)S2. The van der Waals surface area contributed by atoms with E-state index in [0.717, 1.165) is 12.0 Å². The van der Waals surface area contributed by atoms with Crippen molar-refractivity contribution in [1.29, 1.82) is 5.26 Å². The van der Waals surface area contributed by atoms with Crippen LogP contribution in [0.1, 0.15) is 18.0 Å². The minimum atomic E-state index is 0.298. The first-order chi connectivity index (χ1) is 9.28. The molecule has 0 amide bonds. The van der Waals surface area contributed by atoms with Crippen LogP contribution in [-0.2, 0) is 0 Å². The topological polar surface area (TPSA) is 42.8 Å². The van der Waals surface area contributed by atoms with Crippen LogP contribution >= 0.6 is 11.8 Å². The minimum Gasteiger partial charge on any atom is -0.372 e. The zero-order chi connectivity index (χ0) is 13.0. The summed E-state index contributed by atoms with van der Waals surface area (Å²) in [4.78, 5) is 5.70. The molecule has 2 bridgehead atoms. The average Bonchev–Trinajstić information content (AvgIpc) is 2.80. The molecule has 2 aromatic rings. The Morgan fingerprint density at radius 2 is 2.26 bits per heavy atom. The third-order valence-corrected chi connectivity index (χ3v) is 5.34. The van der Waals surface area contributed by atoms with Gasteiger partial charge in [-0.25, -0.2) is 0 Å². The van der Waals surface area contributed by atoms with Gasteiger partial charge in [0.2, 0.25) is 0 Å². The summed E-state index contributed by atoms with van der Waals surface area (Å²) in [5.74, 6) is 0. The second-order valence-corrected chi connectivity index (χ2v) is 6.35. The van der Waals surface area contributed by atoms with Crippen molar-refractivity contribution in [3.8, 4) is 6.07 Å². The highest BCUT2D eigenvalue weighted by molar-refractivity contribution is 8.00. The Labute approximate surface area is 115 Å². The molecule has 94 valence electrons. The number of aromatic amines is 1. The number of fused-ring (bicyclic) bond motifs is 6. The van der Waals surface area contributed by atoms with Crippen molar-refractivity contribution >= 4 is 22.7 Å². The lowest BCUT2D eigenvalue weighted by Crippen LogP contribution is -2.32. The van der Waals surface area contributed by atoms with Gasteiger partial charge in [-0.2, -0.15) is 5.26 Å². The van der Waals surface area contributed by atoms with Gasteiger partial charge in [0.15, 0.2) is 0 Å². The Kier molecular flexibility index (Phi) is 2.21. The van der Waals surface area contributed by atoms with Crippen LogP contribution in [0.3, 0.4) is 0 Å². The van der Waals surface area contributed by atoms with Gasteiger partial charge in [0.25, 0.3) is 0 Å². The fourth-order valence-corrected chi connectivity index (χ4v) is 4.47. The molecule has 0 saturated carbocycles. The predicted molar refractivity (Wildman–Crippen MR) is 76.8 cm³/mol. The molecule has 1 N–H and O–H groups in total. The summed E-state index contributed by atoms with van der Waals surface area (Å²) in [5.41, 5.74) is 3.47. The predicted octanol–water partition coefficient (Wildman–Crippen LogP) is 3.43. The lowest BCUT2D eigenvalue weighted by atomic mass is 9.94. The van der Waals surface area contributed by atoms with Crippen molar-refractivity contribution in [3.63, 3.8) is 0 Å². The molecule has 4 heteroatoms. The van der Waals surface area contributed by atoms with Gasteiger partial charge in [-0.3, -0.25) is 0 Å². The first kappa shape index (κ1) is 11.0. The third-order valence-electron chi connectivity index (χ3n) is 4.05. The van der Waals surface area contributed by atoms with Crippen LogP contribution in [0.2, 0.25) is 0 Å². The highest BCUT2D eigenvalue weighted by atomic mass is 32.2. The van der Waals surface area contributed by atoms with Gasteiger partial charge in [-0.1, -0.05) is 30.0 Å². The van der Waals surface area contributed by atoms with Crippen molar-refractivity contribution in [1.82, 2.24) is 9.88 Å². The van der Waals surface area contributed by atoms with Crippen molar-refractivity contribution < 1.29 is 0 Å². The first-order valence-corrected chi connectivity index (χ1v) is 7.27. The maximum Gasteiger partial charge on any atom is 0.0974 e. The Morgan fingerprint density at radius 3 is 3.11 bits per heavy atom. The lowest BCUT2D eigenvalue weighted by molar-refractivity contribution is 0.297. The largest absolute Gasteiger partial charge is 0.372 e. The molecule has 3 nitrogen and oxygen atoms in total. The number of benzene rings is 1. The number of nitrogens with zero attached hydrogens (tertiary/aromatic N) is 2. The van der Waals surface area contributed by atoms with E-state index in [0.29, 0.717) is 11.3 Å². The normalized spacial score (nSPS) is 24.8. The molecule has 1 aromatic heterocycles. The van der Waals surface area contributed by atoms with Crippen molar-refractivity contribution in [2.45, 2.75) is 22.7 Å². The number of hydrogen-bond donors (Lipinski definition) is 1. The number of H-pyrrole nitrogens is 1. The van der Waals surface area contributed by atoms with E-state index in [1.165, 1.54) is 21.5 Å². The van der Waals surface area contributed by atoms with E-state index in [1.54, 1.807) is 11.8 Å². The molecular weight excluding hydrogens is 254 g/mol. The third kappa shape index (κ3) is 1.45. The van der Waals surface area contributed by atoms with Crippen LogP contribution in [-0.4, -0.2) is 22.2 Å². The summed E-state index contributed by atoms with van der Waals surface area (Å²) in [6.07, 6.45) is 3.03. The summed E-state index contributed by atoms with van der Waals surface area (Å²) in [6.45, 7) is 0. The van der Waals surface area contributed by atoms with Gasteiger partial charge in [0.05, 0.1) is 22.7 Å². The number of nitrogens with one attached hydrogen (secondary N) is 1. The molecule has 0 spiro atoms. The van der Waals surface area contributed by atoms with Crippen LogP contribution in [0.25, 0.3) is 10.9 Å². The maximum absolute atomic E-state index is 9.24. The van der Waals surface area contributed by atoms with E-state index in [-0.39, 0.29) is 0 Å². The summed E-state index contributed by atoms with van der Waals surface area (Å²) in [6, 6.07) is 11.2. The van der Waals surface area contributed by atoms with Gasteiger partial charge in [-0.05, 0) is 12.5 Å². The van der Waals surface area contributed by atoms with Crippen LogP contribution in [0.15, 0.2) is 41.1 Å². The Hall–Kier alpha value is -1.86. The summed E-state index contributed by atoms with van der Waals surface area (Å²) >= 11 is 1.80. The molecule has 2 aliphatic rings. The van der Waals surface area contributed by atoms with E-state index in [9.17, 15) is 5.26 Å². The number of rotatable bonds is 0. The van der Waals surface area contributed by atoms with E-state index >= 15 is 0 Å². The average molecular weight is 267 g/mol. The molecule has 2 atom stereocenters. The maximum atomic E-state index is 9.24. The van der Waals surface area contributed by atoms with Crippen LogP contribution < -0.4 is 0 Å². The van der Waals surface area contributed by atoms with Crippen LogP contribution in [0.4, 0.5) is 0 Å². The zero-order valence-corrected chi connectivity index (χ0v) is 11.4. The Morgan fingerprint density at radius 1 is 1.42 bits per heavy atom. The van der Waals surface area contributed by atoms with Gasteiger partial charge >= 0.3 is 0 Å². The number of thioether (sulfide) groups is 1. The summed E-state index contributed by atoms with van der Waals surface area (Å²) in [7, 11) is 2.07. The highest BCUT2D eigenvalue weighted by Gasteiger charge is 2.37. The number of nitriles is 1. The first-order valence-electron chi connectivity index (χ1n) is 6.39. The second-order valence-electron chi connectivity index (χ2n) is 5.13. The monoisotopic (exact) mass is 267 g/mol. The minimum absolute atomic E-state index is 0.298. The summed E-state index contributed by atoms with van der Waals surface area (Å²) < 4.78 is 0. The molecule has 4 rings (SSSR count). The van der Waals surface area contributed by atoms with Crippen molar-refractivity contribution in [2.75, 3.05) is 7.05 Å². The molecule has 0 radical (unpaired) electrons. The summed E-state index contributed by atoms with van der Waals surface area (Å²) in [5, 5.41) is 12.1. The Balaban J connectivity index is 1.95.